The molecule has 1 atom stereocenters. The zero-order valence-electron chi connectivity index (χ0n) is 13.0. The number of aryl methyl sites for hydroxylation is 2. The molecule has 0 aliphatic rings. The number of hydrogen-bond donors (Lipinski definition) is 2. The number of benzene rings is 1. The minimum atomic E-state index is -0.902. The second-order valence-electron chi connectivity index (χ2n) is 5.53. The first-order chi connectivity index (χ1) is 9.81. The fourth-order valence-electron chi connectivity index (χ4n) is 1.84. The van der Waals surface area contributed by atoms with E-state index < -0.39 is 11.9 Å². The standard InChI is InChI=1S/C16H23NO4/c1-10(2)14(16(19)20)8-17-15(18)9-21-13-6-5-11(3)12(4)7-13/h5-7,10,14H,8-9H2,1-4H3,(H,17,18)(H,19,20). The number of carboxylic acids is 1. The van der Waals surface area contributed by atoms with Gasteiger partial charge in [-0.1, -0.05) is 19.9 Å². The van der Waals surface area contributed by atoms with Crippen LogP contribution in [0.1, 0.15) is 25.0 Å². The highest BCUT2D eigenvalue weighted by atomic mass is 16.5. The fourth-order valence-corrected chi connectivity index (χ4v) is 1.84. The molecule has 0 aliphatic carbocycles. The maximum Gasteiger partial charge on any atom is 0.308 e. The van der Waals surface area contributed by atoms with Gasteiger partial charge in [0.05, 0.1) is 5.92 Å². The van der Waals surface area contributed by atoms with Crippen molar-refractivity contribution < 1.29 is 19.4 Å². The van der Waals surface area contributed by atoms with Crippen LogP contribution >= 0.6 is 0 Å². The Kier molecular flexibility index (Phi) is 6.21. The van der Waals surface area contributed by atoms with Gasteiger partial charge in [-0.05, 0) is 43.0 Å². The number of hydrogen-bond acceptors (Lipinski definition) is 3. The van der Waals surface area contributed by atoms with E-state index in [0.29, 0.717) is 5.75 Å². The second-order valence-corrected chi connectivity index (χ2v) is 5.53. The van der Waals surface area contributed by atoms with Gasteiger partial charge in [0.2, 0.25) is 0 Å². The molecule has 1 unspecified atom stereocenters. The van der Waals surface area contributed by atoms with Gasteiger partial charge in [-0.2, -0.15) is 0 Å². The third kappa shape index (κ3) is 5.45. The maximum atomic E-state index is 11.7. The van der Waals surface area contributed by atoms with Crippen LogP contribution in [0.2, 0.25) is 0 Å². The van der Waals surface area contributed by atoms with Gasteiger partial charge in [0.1, 0.15) is 5.75 Å². The predicted molar refractivity (Wildman–Crippen MR) is 80.4 cm³/mol. The molecule has 116 valence electrons. The van der Waals surface area contributed by atoms with Gasteiger partial charge in [0, 0.05) is 6.54 Å². The quantitative estimate of drug-likeness (QED) is 0.807. The van der Waals surface area contributed by atoms with E-state index in [1.54, 1.807) is 0 Å². The zero-order chi connectivity index (χ0) is 16.0. The van der Waals surface area contributed by atoms with Crippen LogP contribution in [0, 0.1) is 25.7 Å². The Labute approximate surface area is 125 Å². The van der Waals surface area contributed by atoms with Crippen LogP contribution in [0.15, 0.2) is 18.2 Å². The number of carboxylic acid groups (broad SMARTS) is 1. The molecule has 2 N–H and O–H groups in total. The highest BCUT2D eigenvalue weighted by molar-refractivity contribution is 5.78. The molecule has 1 aromatic carbocycles. The van der Waals surface area contributed by atoms with Crippen molar-refractivity contribution in [1.82, 2.24) is 5.32 Å². The van der Waals surface area contributed by atoms with Crippen LogP contribution in [-0.2, 0) is 9.59 Å². The lowest BCUT2D eigenvalue weighted by Crippen LogP contribution is -2.37. The molecule has 5 nitrogen and oxygen atoms in total. The number of nitrogens with one attached hydrogen (secondary N) is 1. The summed E-state index contributed by atoms with van der Waals surface area (Å²) in [6.45, 7) is 7.61. The lowest BCUT2D eigenvalue weighted by atomic mass is 9.96. The highest BCUT2D eigenvalue weighted by Gasteiger charge is 2.21. The third-order valence-corrected chi connectivity index (χ3v) is 3.49. The van der Waals surface area contributed by atoms with Crippen molar-refractivity contribution in [3.05, 3.63) is 29.3 Å². The summed E-state index contributed by atoms with van der Waals surface area (Å²) in [5.74, 6) is -1.22. The molecule has 1 aromatic rings. The minimum absolute atomic E-state index is 0.0385. The number of carbonyl (C=O) groups is 2. The lowest BCUT2D eigenvalue weighted by Gasteiger charge is -2.16. The van der Waals surface area contributed by atoms with E-state index in [1.165, 1.54) is 0 Å². The maximum absolute atomic E-state index is 11.7. The van der Waals surface area contributed by atoms with Crippen molar-refractivity contribution >= 4 is 11.9 Å². The normalized spacial score (nSPS) is 12.0. The number of rotatable bonds is 7. The summed E-state index contributed by atoms with van der Waals surface area (Å²) in [7, 11) is 0. The fraction of sp³-hybridized carbons (Fsp3) is 0.500. The molecule has 0 radical (unpaired) electrons. The highest BCUT2D eigenvalue weighted by Crippen LogP contribution is 2.16. The molecule has 1 amide bonds. The summed E-state index contributed by atoms with van der Waals surface area (Å²) in [5, 5.41) is 11.6. The first kappa shape index (κ1) is 17.0. The van der Waals surface area contributed by atoms with Gasteiger partial charge in [0.15, 0.2) is 6.61 Å². The van der Waals surface area contributed by atoms with Gasteiger partial charge in [-0.3, -0.25) is 9.59 Å². The van der Waals surface area contributed by atoms with Crippen molar-refractivity contribution in [3.8, 4) is 5.75 Å². The molecular weight excluding hydrogens is 270 g/mol. The molecule has 0 aliphatic heterocycles. The summed E-state index contributed by atoms with van der Waals surface area (Å²) < 4.78 is 5.40. The summed E-state index contributed by atoms with van der Waals surface area (Å²) in [6.07, 6.45) is 0. The molecule has 0 fully saturated rings. The SMILES string of the molecule is Cc1ccc(OCC(=O)NCC(C(=O)O)C(C)C)cc1C. The molecule has 0 saturated carbocycles. The number of aliphatic carboxylic acids is 1. The lowest BCUT2D eigenvalue weighted by molar-refractivity contribution is -0.143. The first-order valence-electron chi connectivity index (χ1n) is 7.00. The van der Waals surface area contributed by atoms with Gasteiger partial charge < -0.3 is 15.2 Å². The topological polar surface area (TPSA) is 75.6 Å². The van der Waals surface area contributed by atoms with E-state index in [2.05, 4.69) is 5.32 Å². The van der Waals surface area contributed by atoms with Gasteiger partial charge in [0.25, 0.3) is 5.91 Å². The van der Waals surface area contributed by atoms with E-state index in [-0.39, 0.29) is 25.0 Å². The largest absolute Gasteiger partial charge is 0.484 e. The van der Waals surface area contributed by atoms with E-state index in [9.17, 15) is 9.59 Å². The number of ether oxygens (including phenoxy) is 1. The number of amides is 1. The van der Waals surface area contributed by atoms with E-state index >= 15 is 0 Å². The summed E-state index contributed by atoms with van der Waals surface area (Å²) in [6, 6.07) is 5.61. The monoisotopic (exact) mass is 293 g/mol. The molecule has 1 rings (SSSR count). The Morgan fingerprint density at radius 2 is 1.90 bits per heavy atom. The third-order valence-electron chi connectivity index (χ3n) is 3.49. The molecule has 0 heterocycles. The molecule has 21 heavy (non-hydrogen) atoms. The van der Waals surface area contributed by atoms with Crippen LogP contribution in [-0.4, -0.2) is 30.1 Å². The Balaban J connectivity index is 2.43. The summed E-state index contributed by atoms with van der Waals surface area (Å²) >= 11 is 0. The van der Waals surface area contributed by atoms with Crippen molar-refractivity contribution in [2.24, 2.45) is 11.8 Å². The van der Waals surface area contributed by atoms with Crippen molar-refractivity contribution in [2.75, 3.05) is 13.2 Å². The number of carbonyl (C=O) groups excluding carboxylic acids is 1. The molecule has 5 heteroatoms. The smallest absolute Gasteiger partial charge is 0.308 e. The van der Waals surface area contributed by atoms with Crippen LogP contribution in [0.3, 0.4) is 0 Å². The van der Waals surface area contributed by atoms with Crippen molar-refractivity contribution in [2.45, 2.75) is 27.7 Å². The van der Waals surface area contributed by atoms with Gasteiger partial charge >= 0.3 is 5.97 Å². The van der Waals surface area contributed by atoms with Gasteiger partial charge in [-0.25, -0.2) is 0 Å². The first-order valence-corrected chi connectivity index (χ1v) is 7.00. The molecular formula is C16H23NO4. The van der Waals surface area contributed by atoms with E-state index in [0.717, 1.165) is 11.1 Å². The average Bonchev–Trinajstić information content (AvgIpc) is 2.39. The molecule has 0 spiro atoms. The Bertz CT molecular complexity index is 511. The Morgan fingerprint density at radius 3 is 2.43 bits per heavy atom. The summed E-state index contributed by atoms with van der Waals surface area (Å²) in [5.41, 5.74) is 2.26. The van der Waals surface area contributed by atoms with Crippen molar-refractivity contribution in [3.63, 3.8) is 0 Å². The average molecular weight is 293 g/mol. The van der Waals surface area contributed by atoms with E-state index in [1.807, 2.05) is 45.9 Å². The Morgan fingerprint density at radius 1 is 1.24 bits per heavy atom. The molecule has 0 bridgehead atoms. The van der Waals surface area contributed by atoms with Crippen molar-refractivity contribution in [1.29, 1.82) is 0 Å². The van der Waals surface area contributed by atoms with E-state index in [4.69, 9.17) is 9.84 Å². The van der Waals surface area contributed by atoms with Crippen LogP contribution in [0.25, 0.3) is 0 Å². The van der Waals surface area contributed by atoms with Crippen LogP contribution in [0.4, 0.5) is 0 Å². The predicted octanol–water partition coefficient (Wildman–Crippen LogP) is 2.16. The minimum Gasteiger partial charge on any atom is -0.484 e. The molecule has 0 saturated heterocycles. The summed E-state index contributed by atoms with van der Waals surface area (Å²) in [4.78, 5) is 22.7. The van der Waals surface area contributed by atoms with Crippen LogP contribution in [0.5, 0.6) is 5.75 Å². The van der Waals surface area contributed by atoms with Gasteiger partial charge in [-0.15, -0.1) is 0 Å². The van der Waals surface area contributed by atoms with Crippen LogP contribution < -0.4 is 10.1 Å². The molecule has 0 aromatic heterocycles. The Hall–Kier alpha value is -2.04. The second kappa shape index (κ2) is 7.67. The zero-order valence-corrected chi connectivity index (χ0v) is 13.0.